The molecule has 0 aliphatic carbocycles. The molecule has 0 bridgehead atoms. The molecule has 0 heterocycles. The predicted octanol–water partition coefficient (Wildman–Crippen LogP) is 7.22. The molecule has 0 fully saturated rings. The lowest BCUT2D eigenvalue weighted by Gasteiger charge is -2.34. The monoisotopic (exact) mass is 679 g/mol. The average Bonchev–Trinajstić information content (AvgIpc) is 3.03. The van der Waals surface area contributed by atoms with Gasteiger partial charge in [-0.3, -0.25) is 13.9 Å². The van der Waals surface area contributed by atoms with E-state index in [1.54, 1.807) is 54.6 Å². The van der Waals surface area contributed by atoms with Crippen molar-refractivity contribution in [2.75, 3.05) is 17.4 Å². The van der Waals surface area contributed by atoms with Gasteiger partial charge in [-0.05, 0) is 67.3 Å². The van der Waals surface area contributed by atoms with Crippen LogP contribution in [0.4, 0.5) is 5.69 Å². The fraction of sp³-hybridized carbons (Fsp3) is 0.278. The summed E-state index contributed by atoms with van der Waals surface area (Å²) in [6, 6.07) is 26.9. The number of amides is 2. The van der Waals surface area contributed by atoms with Crippen molar-refractivity contribution in [3.63, 3.8) is 0 Å². The van der Waals surface area contributed by atoms with Gasteiger partial charge in [0, 0.05) is 19.5 Å². The van der Waals surface area contributed by atoms with Crippen molar-refractivity contribution in [2.24, 2.45) is 5.92 Å². The molecule has 7 nitrogen and oxygen atoms in total. The second-order valence-electron chi connectivity index (χ2n) is 11.8. The minimum Gasteiger partial charge on any atom is -0.354 e. The maximum Gasteiger partial charge on any atom is 0.264 e. The molecule has 0 aliphatic rings. The number of halogens is 2. The molecule has 4 rings (SSSR count). The van der Waals surface area contributed by atoms with Crippen molar-refractivity contribution in [3.8, 4) is 0 Å². The average molecular weight is 681 g/mol. The Labute approximate surface area is 282 Å². The second kappa shape index (κ2) is 15.6. The number of aryl methyl sites for hydroxylation is 2. The van der Waals surface area contributed by atoms with E-state index in [2.05, 4.69) is 5.32 Å². The van der Waals surface area contributed by atoms with Gasteiger partial charge in [-0.2, -0.15) is 0 Å². The van der Waals surface area contributed by atoms with Crippen LogP contribution < -0.4 is 9.62 Å². The first-order chi connectivity index (χ1) is 21.8. The van der Waals surface area contributed by atoms with Gasteiger partial charge in [0.1, 0.15) is 12.6 Å². The zero-order valence-electron chi connectivity index (χ0n) is 26.4. The Kier molecular flexibility index (Phi) is 11.9. The fourth-order valence-electron chi connectivity index (χ4n) is 4.89. The largest absolute Gasteiger partial charge is 0.354 e. The van der Waals surface area contributed by atoms with Crippen LogP contribution in [0.2, 0.25) is 10.0 Å². The summed E-state index contributed by atoms with van der Waals surface area (Å²) < 4.78 is 29.4. The Balaban J connectivity index is 1.81. The number of hydrogen-bond acceptors (Lipinski definition) is 4. The lowest BCUT2D eigenvalue weighted by molar-refractivity contribution is -0.140. The van der Waals surface area contributed by atoms with Crippen LogP contribution in [0.25, 0.3) is 0 Å². The minimum absolute atomic E-state index is 0.00532. The number of rotatable bonds is 13. The van der Waals surface area contributed by atoms with Gasteiger partial charge in [0.2, 0.25) is 11.8 Å². The molecule has 0 aliphatic heterocycles. The van der Waals surface area contributed by atoms with Crippen LogP contribution in [-0.2, 0) is 32.6 Å². The molecule has 0 unspecified atom stereocenters. The maximum absolute atomic E-state index is 14.5. The summed E-state index contributed by atoms with van der Waals surface area (Å²) in [5, 5.41) is 3.64. The molecule has 4 aromatic rings. The number of nitrogens with one attached hydrogen (secondary N) is 1. The summed E-state index contributed by atoms with van der Waals surface area (Å²) in [5.41, 5.74) is 3.66. The highest BCUT2D eigenvalue weighted by atomic mass is 35.5. The van der Waals surface area contributed by atoms with Crippen LogP contribution in [0.15, 0.2) is 102 Å². The number of nitrogens with zero attached hydrogens (tertiary/aromatic N) is 2. The van der Waals surface area contributed by atoms with Crippen LogP contribution >= 0.6 is 23.2 Å². The predicted molar refractivity (Wildman–Crippen MR) is 186 cm³/mol. The molecule has 1 N–H and O–H groups in total. The van der Waals surface area contributed by atoms with E-state index < -0.39 is 28.5 Å². The normalized spacial score (nSPS) is 12.1. The molecule has 1 atom stereocenters. The summed E-state index contributed by atoms with van der Waals surface area (Å²) in [6.07, 6.45) is 0.215. The lowest BCUT2D eigenvalue weighted by Crippen LogP contribution is -2.53. The van der Waals surface area contributed by atoms with Gasteiger partial charge in [-0.15, -0.1) is 0 Å². The van der Waals surface area contributed by atoms with Gasteiger partial charge in [0.25, 0.3) is 10.0 Å². The fourth-order valence-corrected chi connectivity index (χ4v) is 6.62. The Morgan fingerprint density at radius 2 is 1.39 bits per heavy atom. The zero-order valence-corrected chi connectivity index (χ0v) is 28.7. The number of hydrogen-bond donors (Lipinski definition) is 1. The Bertz CT molecular complexity index is 1750. The van der Waals surface area contributed by atoms with E-state index >= 15 is 0 Å². The van der Waals surface area contributed by atoms with E-state index in [1.165, 1.54) is 17.0 Å². The highest BCUT2D eigenvalue weighted by Gasteiger charge is 2.34. The molecule has 0 saturated heterocycles. The number of anilines is 1. The smallest absolute Gasteiger partial charge is 0.264 e. The summed E-state index contributed by atoms with van der Waals surface area (Å²) >= 11 is 12.5. The zero-order chi connectivity index (χ0) is 33.4. The first kappa shape index (κ1) is 35.0. The number of benzene rings is 4. The third kappa shape index (κ3) is 9.12. The summed E-state index contributed by atoms with van der Waals surface area (Å²) in [5.74, 6) is -0.713. The third-order valence-corrected chi connectivity index (χ3v) is 10.0. The van der Waals surface area contributed by atoms with Gasteiger partial charge < -0.3 is 10.2 Å². The first-order valence-corrected chi connectivity index (χ1v) is 17.3. The highest BCUT2D eigenvalue weighted by molar-refractivity contribution is 7.92. The molecule has 0 spiro atoms. The van der Waals surface area contributed by atoms with Crippen molar-refractivity contribution >= 4 is 50.7 Å². The highest BCUT2D eigenvalue weighted by Crippen LogP contribution is 2.27. The Morgan fingerprint density at radius 1 is 0.783 bits per heavy atom. The molecular formula is C36H39Cl2N3O4S. The standard InChI is InChI=1S/C36H39Cl2N3O4S/c1-25(2)22-39-36(43)34(21-28-8-6-5-7-9-28)40(23-29-14-19-32(37)33(38)20-29)35(42)24-41(30-15-10-26(3)11-16-30)46(44,45)31-17-12-27(4)13-18-31/h5-20,25,34H,21-24H2,1-4H3,(H,39,43)/t34-/m1/s1. The molecular weight excluding hydrogens is 641 g/mol. The van der Waals surface area contributed by atoms with Crippen LogP contribution in [0, 0.1) is 19.8 Å². The molecule has 2 amide bonds. The van der Waals surface area contributed by atoms with Gasteiger partial charge in [0.15, 0.2) is 0 Å². The van der Waals surface area contributed by atoms with Crippen molar-refractivity contribution in [2.45, 2.75) is 51.6 Å². The number of carbonyl (C=O) groups is 2. The van der Waals surface area contributed by atoms with Gasteiger partial charge in [0.05, 0.1) is 20.6 Å². The quantitative estimate of drug-likeness (QED) is 0.162. The van der Waals surface area contributed by atoms with Crippen molar-refractivity contribution in [3.05, 3.63) is 129 Å². The number of sulfonamides is 1. The lowest BCUT2D eigenvalue weighted by atomic mass is 10.0. The van der Waals surface area contributed by atoms with Crippen LogP contribution in [0.3, 0.4) is 0 Å². The number of carbonyl (C=O) groups excluding carboxylic acids is 2. The second-order valence-corrected chi connectivity index (χ2v) is 14.5. The maximum atomic E-state index is 14.5. The molecule has 0 radical (unpaired) electrons. The van der Waals surface area contributed by atoms with E-state index in [4.69, 9.17) is 23.2 Å². The van der Waals surface area contributed by atoms with E-state index in [9.17, 15) is 18.0 Å². The third-order valence-electron chi connectivity index (χ3n) is 7.50. The molecule has 0 saturated carbocycles. The molecule has 4 aromatic carbocycles. The van der Waals surface area contributed by atoms with E-state index in [-0.39, 0.29) is 29.7 Å². The summed E-state index contributed by atoms with van der Waals surface area (Å²) in [7, 11) is -4.18. The SMILES string of the molecule is Cc1ccc(N(CC(=O)N(Cc2ccc(Cl)c(Cl)c2)[C@H](Cc2ccccc2)C(=O)NCC(C)C)S(=O)(=O)c2ccc(C)cc2)cc1. The summed E-state index contributed by atoms with van der Waals surface area (Å²) in [4.78, 5) is 29.9. The topological polar surface area (TPSA) is 86.8 Å². The van der Waals surface area contributed by atoms with Crippen molar-refractivity contribution in [1.82, 2.24) is 10.2 Å². The minimum atomic E-state index is -4.18. The van der Waals surface area contributed by atoms with Crippen LogP contribution in [-0.4, -0.2) is 44.3 Å². The van der Waals surface area contributed by atoms with E-state index in [1.807, 2.05) is 58.0 Å². The molecule has 0 aromatic heterocycles. The molecule has 10 heteroatoms. The first-order valence-electron chi connectivity index (χ1n) is 15.1. The van der Waals surface area contributed by atoms with Crippen LogP contribution in [0.1, 0.15) is 36.1 Å². The van der Waals surface area contributed by atoms with Gasteiger partial charge in [-0.1, -0.05) is 109 Å². The van der Waals surface area contributed by atoms with Gasteiger partial charge in [-0.25, -0.2) is 8.42 Å². The van der Waals surface area contributed by atoms with Crippen molar-refractivity contribution in [1.29, 1.82) is 0 Å². The van der Waals surface area contributed by atoms with E-state index in [0.717, 1.165) is 21.0 Å². The van der Waals surface area contributed by atoms with Crippen LogP contribution in [0.5, 0.6) is 0 Å². The Hall–Kier alpha value is -3.85. The summed E-state index contributed by atoms with van der Waals surface area (Å²) in [6.45, 7) is 7.61. The molecule has 46 heavy (non-hydrogen) atoms. The van der Waals surface area contributed by atoms with Gasteiger partial charge >= 0.3 is 0 Å². The molecule has 242 valence electrons. The van der Waals surface area contributed by atoms with Crippen molar-refractivity contribution < 1.29 is 18.0 Å². The Morgan fingerprint density at radius 3 is 1.98 bits per heavy atom. The van der Waals surface area contributed by atoms with E-state index in [0.29, 0.717) is 27.8 Å².